The highest BCUT2D eigenvalue weighted by Crippen LogP contribution is 2.24. The van der Waals surface area contributed by atoms with Crippen LogP contribution in [0.15, 0.2) is 29.4 Å². The van der Waals surface area contributed by atoms with E-state index >= 15 is 0 Å². The highest BCUT2D eigenvalue weighted by atomic mass is 32.2. The number of carbonyl (C=O) groups excluding carboxylic acids is 1. The minimum Gasteiger partial charge on any atom is -0.462 e. The van der Waals surface area contributed by atoms with Crippen molar-refractivity contribution >= 4 is 27.8 Å². The number of rotatable bonds is 8. The molecule has 1 aliphatic carbocycles. The van der Waals surface area contributed by atoms with Crippen LogP contribution in [0.25, 0.3) is 5.69 Å². The van der Waals surface area contributed by atoms with Gasteiger partial charge in [0.25, 0.3) is 0 Å². The molecule has 8 nitrogen and oxygen atoms in total. The highest BCUT2D eigenvalue weighted by molar-refractivity contribution is 7.99. The lowest BCUT2D eigenvalue weighted by Crippen LogP contribution is -2.23. The minimum atomic E-state index is -3.37. The fourth-order valence-corrected chi connectivity index (χ4v) is 4.33. The predicted octanol–water partition coefficient (Wildman–Crippen LogP) is 2.59. The van der Waals surface area contributed by atoms with Crippen LogP contribution in [0.1, 0.15) is 43.5 Å². The van der Waals surface area contributed by atoms with Gasteiger partial charge in [0.1, 0.15) is 6.10 Å². The molecular weight excluding hydrogens is 412 g/mol. The Labute approximate surface area is 175 Å². The maximum absolute atomic E-state index is 12.2. The van der Waals surface area contributed by atoms with Gasteiger partial charge in [-0.3, -0.25) is 9.36 Å². The van der Waals surface area contributed by atoms with Crippen LogP contribution in [0, 0.1) is 6.92 Å². The standard InChI is InChI=1S/C19H26N4O4S2/c1-14-8-10-15(11-9-14)23-17(12-20-29(2,25)26)21-22-19(23)28-13-18(24)27-16-6-4-3-5-7-16/h8-11,16,20H,3-7,12-13H2,1-2H3. The van der Waals surface area contributed by atoms with Crippen LogP contribution in [0.4, 0.5) is 0 Å². The molecule has 1 saturated carbocycles. The number of ether oxygens (including phenoxy) is 1. The minimum absolute atomic E-state index is 0.00674. The molecule has 0 bridgehead atoms. The molecule has 29 heavy (non-hydrogen) atoms. The smallest absolute Gasteiger partial charge is 0.316 e. The first-order valence-corrected chi connectivity index (χ1v) is 12.5. The number of nitrogens with zero attached hydrogens (tertiary/aromatic N) is 3. The molecule has 2 aromatic rings. The van der Waals surface area contributed by atoms with Crippen molar-refractivity contribution in [3.63, 3.8) is 0 Å². The number of thioether (sulfide) groups is 1. The number of nitrogens with one attached hydrogen (secondary N) is 1. The van der Waals surface area contributed by atoms with E-state index < -0.39 is 10.0 Å². The Balaban J connectivity index is 1.73. The molecule has 1 heterocycles. The average Bonchev–Trinajstić information content (AvgIpc) is 3.08. The van der Waals surface area contributed by atoms with E-state index in [1.54, 1.807) is 4.57 Å². The van der Waals surface area contributed by atoms with Gasteiger partial charge in [0, 0.05) is 5.69 Å². The SMILES string of the molecule is Cc1ccc(-n2c(CNS(C)(=O)=O)nnc2SCC(=O)OC2CCCCC2)cc1. The fraction of sp³-hybridized carbons (Fsp3) is 0.526. The molecule has 0 radical (unpaired) electrons. The van der Waals surface area contributed by atoms with Crippen LogP contribution in [-0.2, 0) is 26.1 Å². The maximum Gasteiger partial charge on any atom is 0.316 e. The van der Waals surface area contributed by atoms with Gasteiger partial charge < -0.3 is 4.74 Å². The van der Waals surface area contributed by atoms with Crippen molar-refractivity contribution in [1.82, 2.24) is 19.5 Å². The van der Waals surface area contributed by atoms with Crippen LogP contribution in [0.5, 0.6) is 0 Å². The first kappa shape index (κ1) is 21.8. The van der Waals surface area contributed by atoms with Crippen LogP contribution < -0.4 is 4.72 Å². The van der Waals surface area contributed by atoms with E-state index in [0.29, 0.717) is 11.0 Å². The molecule has 1 aliphatic rings. The lowest BCUT2D eigenvalue weighted by molar-refractivity contribution is -0.147. The van der Waals surface area contributed by atoms with E-state index in [2.05, 4.69) is 14.9 Å². The van der Waals surface area contributed by atoms with E-state index in [-0.39, 0.29) is 24.4 Å². The molecule has 1 fully saturated rings. The van der Waals surface area contributed by atoms with Gasteiger partial charge in [0.05, 0.1) is 18.6 Å². The Bertz CT molecular complexity index is 936. The van der Waals surface area contributed by atoms with Gasteiger partial charge in [-0.25, -0.2) is 13.1 Å². The van der Waals surface area contributed by atoms with E-state index in [4.69, 9.17) is 4.74 Å². The Kier molecular flexibility index (Phi) is 7.31. The topological polar surface area (TPSA) is 103 Å². The molecule has 0 atom stereocenters. The molecule has 0 spiro atoms. The van der Waals surface area contributed by atoms with Gasteiger partial charge in [0.2, 0.25) is 10.0 Å². The van der Waals surface area contributed by atoms with E-state index in [0.717, 1.165) is 43.2 Å². The summed E-state index contributed by atoms with van der Waals surface area (Å²) in [6.45, 7) is 1.99. The summed E-state index contributed by atoms with van der Waals surface area (Å²) in [7, 11) is -3.37. The summed E-state index contributed by atoms with van der Waals surface area (Å²) in [5, 5.41) is 8.81. The van der Waals surface area contributed by atoms with Crippen molar-refractivity contribution in [3.8, 4) is 5.69 Å². The molecular formula is C19H26N4O4S2. The predicted molar refractivity (Wildman–Crippen MR) is 111 cm³/mol. The average molecular weight is 439 g/mol. The summed E-state index contributed by atoms with van der Waals surface area (Å²) in [4.78, 5) is 12.2. The molecule has 1 aromatic carbocycles. The number of aryl methyl sites for hydroxylation is 1. The third kappa shape index (κ3) is 6.55. The van der Waals surface area contributed by atoms with Crippen LogP contribution in [-0.4, -0.2) is 47.3 Å². The zero-order valence-corrected chi connectivity index (χ0v) is 18.3. The number of benzene rings is 1. The zero-order chi connectivity index (χ0) is 20.9. The summed E-state index contributed by atoms with van der Waals surface area (Å²) in [5.74, 6) is 0.304. The molecule has 0 unspecified atom stereocenters. The van der Waals surface area contributed by atoms with Gasteiger partial charge >= 0.3 is 5.97 Å². The molecule has 3 rings (SSSR count). The molecule has 0 aliphatic heterocycles. The van der Waals surface area contributed by atoms with Crippen molar-refractivity contribution in [2.75, 3.05) is 12.0 Å². The number of aromatic nitrogens is 3. The Morgan fingerprint density at radius 1 is 1.21 bits per heavy atom. The van der Waals surface area contributed by atoms with E-state index in [1.165, 1.54) is 18.2 Å². The number of carbonyl (C=O) groups is 1. The van der Waals surface area contributed by atoms with E-state index in [9.17, 15) is 13.2 Å². The first-order chi connectivity index (χ1) is 13.8. The van der Waals surface area contributed by atoms with Crippen molar-refractivity contribution in [3.05, 3.63) is 35.7 Å². The lowest BCUT2D eigenvalue weighted by atomic mass is 9.98. The summed E-state index contributed by atoms with van der Waals surface area (Å²) < 4.78 is 32.7. The summed E-state index contributed by atoms with van der Waals surface area (Å²) in [5.41, 5.74) is 1.90. The first-order valence-electron chi connectivity index (χ1n) is 9.60. The van der Waals surface area contributed by atoms with Crippen molar-refractivity contribution in [2.45, 2.75) is 56.8 Å². The third-order valence-electron chi connectivity index (χ3n) is 4.65. The molecule has 0 amide bonds. The molecule has 158 valence electrons. The molecule has 1 N–H and O–H groups in total. The van der Waals surface area contributed by atoms with Crippen LogP contribution in [0.2, 0.25) is 0 Å². The normalized spacial score (nSPS) is 15.4. The van der Waals surface area contributed by atoms with Crippen molar-refractivity contribution < 1.29 is 17.9 Å². The van der Waals surface area contributed by atoms with Crippen molar-refractivity contribution in [2.24, 2.45) is 0 Å². The second-order valence-corrected chi connectivity index (χ2v) is 9.98. The summed E-state index contributed by atoms with van der Waals surface area (Å²) in [6, 6.07) is 7.73. The Morgan fingerprint density at radius 3 is 2.55 bits per heavy atom. The van der Waals surface area contributed by atoms with Gasteiger partial charge in [-0.2, -0.15) is 0 Å². The maximum atomic E-state index is 12.2. The summed E-state index contributed by atoms with van der Waals surface area (Å²) in [6.07, 6.45) is 6.37. The zero-order valence-electron chi connectivity index (χ0n) is 16.6. The number of hydrogen-bond donors (Lipinski definition) is 1. The van der Waals surface area contributed by atoms with Crippen molar-refractivity contribution in [1.29, 1.82) is 0 Å². The lowest BCUT2D eigenvalue weighted by Gasteiger charge is -2.21. The molecule has 1 aromatic heterocycles. The van der Waals surface area contributed by atoms with Gasteiger partial charge in [-0.1, -0.05) is 35.9 Å². The molecule has 0 saturated heterocycles. The second kappa shape index (κ2) is 9.73. The largest absolute Gasteiger partial charge is 0.462 e. The highest BCUT2D eigenvalue weighted by Gasteiger charge is 2.20. The quantitative estimate of drug-likeness (QED) is 0.499. The van der Waals surface area contributed by atoms with Gasteiger partial charge in [-0.15, -0.1) is 10.2 Å². The number of esters is 1. The fourth-order valence-electron chi connectivity index (χ4n) is 3.18. The van der Waals surface area contributed by atoms with Crippen LogP contribution in [0.3, 0.4) is 0 Å². The van der Waals surface area contributed by atoms with Gasteiger partial charge in [0.15, 0.2) is 11.0 Å². The monoisotopic (exact) mass is 438 g/mol. The van der Waals surface area contributed by atoms with E-state index in [1.807, 2.05) is 31.2 Å². The molecule has 10 heteroatoms. The van der Waals surface area contributed by atoms with Gasteiger partial charge in [-0.05, 0) is 44.7 Å². The number of sulfonamides is 1. The second-order valence-electron chi connectivity index (χ2n) is 7.20. The number of hydrogen-bond acceptors (Lipinski definition) is 7. The Hall–Kier alpha value is -1.91. The summed E-state index contributed by atoms with van der Waals surface area (Å²) >= 11 is 1.23. The third-order valence-corrected chi connectivity index (χ3v) is 6.23. The van der Waals surface area contributed by atoms with Crippen LogP contribution >= 0.6 is 11.8 Å². The Morgan fingerprint density at radius 2 is 1.90 bits per heavy atom.